The number of aromatic nitrogens is 1. The number of benzene rings is 1. The lowest BCUT2D eigenvalue weighted by atomic mass is 10.1. The Morgan fingerprint density at radius 2 is 2.12 bits per heavy atom. The van der Waals surface area contributed by atoms with E-state index < -0.39 is 5.63 Å². The fourth-order valence-electron chi connectivity index (χ4n) is 2.90. The molecule has 2 amide bonds. The first-order valence-corrected chi connectivity index (χ1v) is 8.52. The first-order chi connectivity index (χ1) is 12.5. The molecule has 1 aliphatic carbocycles. The number of nitrogens with one attached hydrogen (secondary N) is 1. The van der Waals surface area contributed by atoms with Gasteiger partial charge in [-0.1, -0.05) is 5.16 Å². The van der Waals surface area contributed by atoms with Crippen LogP contribution in [0.3, 0.4) is 0 Å². The smallest absolute Gasteiger partial charge is 0.336 e. The van der Waals surface area contributed by atoms with Gasteiger partial charge >= 0.3 is 11.7 Å². The van der Waals surface area contributed by atoms with Gasteiger partial charge in [-0.2, -0.15) is 0 Å². The van der Waals surface area contributed by atoms with Crippen LogP contribution in [0, 0.1) is 6.92 Å². The van der Waals surface area contributed by atoms with Gasteiger partial charge in [0.2, 0.25) is 0 Å². The first-order valence-electron chi connectivity index (χ1n) is 8.52. The molecular weight excluding hydrogens is 334 g/mol. The standard InChI is InChI=1S/C19H19N3O4/c1-11-7-18(23)25-17-8-13(5-6-15(11)17)20-19(24)22(2)10-14-9-16(26-21-14)12-3-4-12/h5-9,12H,3-4,10H2,1-2H3,(H,20,24). The lowest BCUT2D eigenvalue weighted by Gasteiger charge is -2.16. The molecule has 1 N–H and O–H groups in total. The van der Waals surface area contributed by atoms with E-state index in [4.69, 9.17) is 8.94 Å². The van der Waals surface area contributed by atoms with E-state index in [9.17, 15) is 9.59 Å². The molecule has 0 radical (unpaired) electrons. The van der Waals surface area contributed by atoms with Gasteiger partial charge in [-0.05, 0) is 37.5 Å². The van der Waals surface area contributed by atoms with Gasteiger partial charge in [0.05, 0.1) is 6.54 Å². The second kappa shape index (κ2) is 6.33. The van der Waals surface area contributed by atoms with Crippen molar-refractivity contribution in [1.29, 1.82) is 0 Å². The topological polar surface area (TPSA) is 88.6 Å². The van der Waals surface area contributed by atoms with Crippen LogP contribution in [0.4, 0.5) is 10.5 Å². The van der Waals surface area contributed by atoms with E-state index in [1.54, 1.807) is 19.2 Å². The summed E-state index contributed by atoms with van der Waals surface area (Å²) in [7, 11) is 1.69. The number of fused-ring (bicyclic) bond motifs is 1. The second-order valence-electron chi connectivity index (χ2n) is 6.74. The molecule has 4 rings (SSSR count). The highest BCUT2D eigenvalue weighted by molar-refractivity contribution is 5.92. The van der Waals surface area contributed by atoms with E-state index in [0.717, 1.165) is 35.2 Å². The van der Waals surface area contributed by atoms with Crippen LogP contribution in [0.25, 0.3) is 11.0 Å². The molecule has 7 nitrogen and oxygen atoms in total. The predicted molar refractivity (Wildman–Crippen MR) is 96.2 cm³/mol. The number of rotatable bonds is 4. The maximum atomic E-state index is 12.4. The summed E-state index contributed by atoms with van der Waals surface area (Å²) in [5.41, 5.74) is 2.16. The van der Waals surface area contributed by atoms with Crippen molar-refractivity contribution >= 4 is 22.7 Å². The van der Waals surface area contributed by atoms with Gasteiger partial charge in [0.15, 0.2) is 0 Å². The molecule has 0 saturated heterocycles. The number of hydrogen-bond donors (Lipinski definition) is 1. The zero-order valence-corrected chi connectivity index (χ0v) is 14.6. The molecule has 2 heterocycles. The van der Waals surface area contributed by atoms with Gasteiger partial charge in [-0.3, -0.25) is 0 Å². The van der Waals surface area contributed by atoms with Crippen molar-refractivity contribution in [3.8, 4) is 0 Å². The Morgan fingerprint density at radius 1 is 1.31 bits per heavy atom. The van der Waals surface area contributed by atoms with E-state index in [2.05, 4.69) is 10.5 Å². The number of amides is 2. The highest BCUT2D eigenvalue weighted by Crippen LogP contribution is 2.40. The summed E-state index contributed by atoms with van der Waals surface area (Å²) >= 11 is 0. The molecule has 1 saturated carbocycles. The first kappa shape index (κ1) is 16.4. The van der Waals surface area contributed by atoms with E-state index in [1.807, 2.05) is 19.1 Å². The van der Waals surface area contributed by atoms with Crippen LogP contribution in [0.1, 0.15) is 35.8 Å². The number of carbonyl (C=O) groups is 1. The summed E-state index contributed by atoms with van der Waals surface area (Å²) in [6.45, 7) is 2.20. The SMILES string of the molecule is Cc1cc(=O)oc2cc(NC(=O)N(C)Cc3cc(C4CC4)on3)ccc12. The fourth-order valence-corrected chi connectivity index (χ4v) is 2.90. The molecule has 1 aromatic carbocycles. The Kier molecular flexibility index (Phi) is 3.99. The minimum absolute atomic E-state index is 0.282. The van der Waals surface area contributed by atoms with E-state index >= 15 is 0 Å². The monoisotopic (exact) mass is 353 g/mol. The molecule has 0 unspecified atom stereocenters. The molecule has 3 aromatic rings. The van der Waals surface area contributed by atoms with Crippen LogP contribution in [0.15, 0.2) is 44.1 Å². The van der Waals surface area contributed by atoms with Crippen molar-refractivity contribution in [3.63, 3.8) is 0 Å². The van der Waals surface area contributed by atoms with Gasteiger partial charge < -0.3 is 19.2 Å². The normalized spacial score (nSPS) is 13.8. The van der Waals surface area contributed by atoms with Crippen LogP contribution in [0.2, 0.25) is 0 Å². The molecule has 134 valence electrons. The minimum atomic E-state index is -0.409. The maximum absolute atomic E-state index is 12.4. The quantitative estimate of drug-likeness (QED) is 0.724. The fraction of sp³-hybridized carbons (Fsp3) is 0.316. The molecule has 1 fully saturated rings. The summed E-state index contributed by atoms with van der Waals surface area (Å²) in [5, 5.41) is 7.66. The van der Waals surface area contributed by atoms with E-state index in [-0.39, 0.29) is 6.03 Å². The van der Waals surface area contributed by atoms with Crippen LogP contribution >= 0.6 is 0 Å². The average molecular weight is 353 g/mol. The number of nitrogens with zero attached hydrogens (tertiary/aromatic N) is 2. The van der Waals surface area contributed by atoms with Gasteiger partial charge in [-0.15, -0.1) is 0 Å². The molecule has 2 aromatic heterocycles. The lowest BCUT2D eigenvalue weighted by Crippen LogP contribution is -2.30. The third-order valence-electron chi connectivity index (χ3n) is 4.51. The predicted octanol–water partition coefficient (Wildman–Crippen LogP) is 3.63. The summed E-state index contributed by atoms with van der Waals surface area (Å²) in [4.78, 5) is 25.4. The summed E-state index contributed by atoms with van der Waals surface area (Å²) < 4.78 is 10.5. The molecule has 7 heteroatoms. The number of hydrogen-bond acceptors (Lipinski definition) is 5. The maximum Gasteiger partial charge on any atom is 0.336 e. The van der Waals surface area contributed by atoms with Gasteiger partial charge in [0.25, 0.3) is 0 Å². The zero-order valence-electron chi connectivity index (χ0n) is 14.6. The van der Waals surface area contributed by atoms with Crippen LogP contribution in [0.5, 0.6) is 0 Å². The number of urea groups is 1. The Hall–Kier alpha value is -3.09. The lowest BCUT2D eigenvalue weighted by molar-refractivity contribution is 0.219. The number of aryl methyl sites for hydroxylation is 1. The molecule has 0 aliphatic heterocycles. The molecule has 26 heavy (non-hydrogen) atoms. The van der Waals surface area contributed by atoms with Crippen molar-refractivity contribution in [2.24, 2.45) is 0 Å². The zero-order chi connectivity index (χ0) is 18.3. The third kappa shape index (κ3) is 3.33. The largest absolute Gasteiger partial charge is 0.423 e. The summed E-state index contributed by atoms with van der Waals surface area (Å²) in [6.07, 6.45) is 2.28. The van der Waals surface area contributed by atoms with Crippen molar-refractivity contribution in [1.82, 2.24) is 10.1 Å². The van der Waals surface area contributed by atoms with Crippen molar-refractivity contribution in [2.45, 2.75) is 32.2 Å². The molecule has 0 spiro atoms. The average Bonchev–Trinajstić information content (AvgIpc) is 3.34. The van der Waals surface area contributed by atoms with Crippen LogP contribution in [-0.4, -0.2) is 23.1 Å². The van der Waals surface area contributed by atoms with Crippen LogP contribution in [-0.2, 0) is 6.54 Å². The molecule has 1 aliphatic rings. The Morgan fingerprint density at radius 3 is 2.88 bits per heavy atom. The Balaban J connectivity index is 1.46. The molecular formula is C19H19N3O4. The highest BCUT2D eigenvalue weighted by atomic mass is 16.5. The van der Waals surface area contributed by atoms with Crippen LogP contribution < -0.4 is 10.9 Å². The minimum Gasteiger partial charge on any atom is -0.423 e. The molecule has 0 atom stereocenters. The van der Waals surface area contributed by atoms with Gasteiger partial charge in [0, 0.05) is 42.2 Å². The highest BCUT2D eigenvalue weighted by Gasteiger charge is 2.28. The van der Waals surface area contributed by atoms with Crippen molar-refractivity contribution < 1.29 is 13.7 Å². The van der Waals surface area contributed by atoms with E-state index in [1.165, 1.54) is 11.0 Å². The third-order valence-corrected chi connectivity index (χ3v) is 4.51. The van der Waals surface area contributed by atoms with E-state index in [0.29, 0.717) is 23.7 Å². The van der Waals surface area contributed by atoms with Crippen molar-refractivity contribution in [2.75, 3.05) is 12.4 Å². The summed E-state index contributed by atoms with van der Waals surface area (Å²) in [6, 6.07) is 8.33. The summed E-state index contributed by atoms with van der Waals surface area (Å²) in [5.74, 6) is 1.39. The Bertz CT molecular complexity index is 1030. The number of anilines is 1. The Labute approximate surface area is 149 Å². The van der Waals surface area contributed by atoms with Gasteiger partial charge in [-0.25, -0.2) is 9.59 Å². The number of carbonyl (C=O) groups excluding carboxylic acids is 1. The van der Waals surface area contributed by atoms with Gasteiger partial charge in [0.1, 0.15) is 17.0 Å². The molecule has 0 bridgehead atoms. The second-order valence-corrected chi connectivity index (χ2v) is 6.74. The van der Waals surface area contributed by atoms with Crippen molar-refractivity contribution in [3.05, 3.63) is 57.8 Å².